The number of amides is 1. The monoisotopic (exact) mass is 202 g/mol. The van der Waals surface area contributed by atoms with Crippen LogP contribution in [0.2, 0.25) is 0 Å². The number of allylic oxidation sites excluding steroid dienone is 2. The second kappa shape index (κ2) is 4.73. The summed E-state index contributed by atoms with van der Waals surface area (Å²) >= 11 is 0. The molecule has 0 bridgehead atoms. The summed E-state index contributed by atoms with van der Waals surface area (Å²) in [4.78, 5) is 15.8. The molecule has 0 saturated heterocycles. The first-order valence-electron chi connectivity index (χ1n) is 5.23. The number of carbonyl (C=O) groups is 1. The first-order valence-corrected chi connectivity index (χ1v) is 5.23. The van der Waals surface area contributed by atoms with E-state index < -0.39 is 0 Å². The van der Waals surface area contributed by atoms with Gasteiger partial charge in [0, 0.05) is 12.1 Å². The Balaban J connectivity index is 1.95. The molecule has 0 saturated carbocycles. The van der Waals surface area contributed by atoms with Crippen LogP contribution < -0.4 is 5.32 Å². The summed E-state index contributed by atoms with van der Waals surface area (Å²) < 4.78 is 0. The van der Waals surface area contributed by atoms with E-state index in [4.69, 9.17) is 0 Å². The number of nitrogens with zero attached hydrogens (tertiary/aromatic N) is 1. The molecule has 1 amide bonds. The molecule has 3 heteroatoms. The molecule has 0 fully saturated rings. The van der Waals surface area contributed by atoms with Gasteiger partial charge in [-0.05, 0) is 31.4 Å². The van der Waals surface area contributed by atoms with Gasteiger partial charge >= 0.3 is 0 Å². The van der Waals surface area contributed by atoms with Gasteiger partial charge in [-0.15, -0.1) is 0 Å². The third-order valence-corrected chi connectivity index (χ3v) is 2.56. The Morgan fingerprint density at radius 2 is 2.33 bits per heavy atom. The Morgan fingerprint density at radius 1 is 1.40 bits per heavy atom. The highest BCUT2D eigenvalue weighted by Gasteiger charge is 2.18. The van der Waals surface area contributed by atoms with Crippen molar-refractivity contribution >= 4 is 11.7 Å². The van der Waals surface area contributed by atoms with Crippen molar-refractivity contribution in [1.29, 1.82) is 0 Å². The fraction of sp³-hybridized carbons (Fsp3) is 0.333. The minimum absolute atomic E-state index is 0.0815. The van der Waals surface area contributed by atoms with Crippen molar-refractivity contribution in [3.8, 4) is 0 Å². The first-order chi connectivity index (χ1) is 7.36. The molecule has 1 aromatic rings. The molecule has 0 radical (unpaired) electrons. The molecular formula is C12H14N2O. The molecule has 1 heterocycles. The molecule has 3 nitrogen and oxygen atoms in total. The van der Waals surface area contributed by atoms with Crippen LogP contribution >= 0.6 is 0 Å². The fourth-order valence-electron chi connectivity index (χ4n) is 1.70. The van der Waals surface area contributed by atoms with Gasteiger partial charge < -0.3 is 5.32 Å². The van der Waals surface area contributed by atoms with Gasteiger partial charge in [0.1, 0.15) is 5.82 Å². The van der Waals surface area contributed by atoms with Crippen molar-refractivity contribution in [3.63, 3.8) is 0 Å². The maximum Gasteiger partial charge on any atom is 0.228 e. The van der Waals surface area contributed by atoms with Crippen molar-refractivity contribution in [3.05, 3.63) is 36.5 Å². The minimum atomic E-state index is 0.0815. The van der Waals surface area contributed by atoms with Gasteiger partial charge in [0.05, 0.1) is 0 Å². The lowest BCUT2D eigenvalue weighted by molar-refractivity contribution is -0.120. The van der Waals surface area contributed by atoms with E-state index in [2.05, 4.69) is 22.5 Å². The Morgan fingerprint density at radius 3 is 3.00 bits per heavy atom. The lowest BCUT2D eigenvalue weighted by atomic mass is 9.94. The predicted octanol–water partition coefficient (Wildman–Crippen LogP) is 2.38. The van der Waals surface area contributed by atoms with Gasteiger partial charge in [0.2, 0.25) is 5.91 Å². The van der Waals surface area contributed by atoms with Crippen molar-refractivity contribution in [2.45, 2.75) is 19.3 Å². The Labute approximate surface area is 89.2 Å². The van der Waals surface area contributed by atoms with Crippen molar-refractivity contribution in [2.24, 2.45) is 5.92 Å². The molecule has 0 aliphatic heterocycles. The number of hydrogen-bond donors (Lipinski definition) is 1. The quantitative estimate of drug-likeness (QED) is 0.748. The van der Waals surface area contributed by atoms with Crippen LogP contribution in [0.5, 0.6) is 0 Å². The molecule has 2 rings (SSSR count). The molecule has 1 unspecified atom stereocenters. The normalized spacial score (nSPS) is 19.9. The van der Waals surface area contributed by atoms with Crippen LogP contribution in [0.15, 0.2) is 36.5 Å². The van der Waals surface area contributed by atoms with Gasteiger partial charge in [-0.25, -0.2) is 4.98 Å². The van der Waals surface area contributed by atoms with Crippen LogP contribution in [-0.2, 0) is 4.79 Å². The molecule has 1 aliphatic carbocycles. The molecule has 0 aromatic carbocycles. The summed E-state index contributed by atoms with van der Waals surface area (Å²) in [6.07, 6.45) is 8.67. The van der Waals surface area contributed by atoms with Crippen LogP contribution in [0.4, 0.5) is 5.82 Å². The van der Waals surface area contributed by atoms with E-state index in [9.17, 15) is 4.79 Å². The van der Waals surface area contributed by atoms with E-state index in [-0.39, 0.29) is 11.8 Å². The number of anilines is 1. The maximum absolute atomic E-state index is 11.8. The summed E-state index contributed by atoms with van der Waals surface area (Å²) in [5.74, 6) is 0.826. The molecule has 0 spiro atoms. The summed E-state index contributed by atoms with van der Waals surface area (Å²) in [5.41, 5.74) is 0. The highest BCUT2D eigenvalue weighted by molar-refractivity contribution is 5.91. The average Bonchev–Trinajstić information content (AvgIpc) is 2.31. The van der Waals surface area contributed by atoms with E-state index in [1.807, 2.05) is 12.1 Å². The third kappa shape index (κ3) is 2.65. The summed E-state index contributed by atoms with van der Waals surface area (Å²) in [7, 11) is 0. The van der Waals surface area contributed by atoms with E-state index in [1.54, 1.807) is 12.3 Å². The van der Waals surface area contributed by atoms with Gasteiger partial charge in [0.15, 0.2) is 0 Å². The molecule has 1 N–H and O–H groups in total. The van der Waals surface area contributed by atoms with Crippen LogP contribution in [-0.4, -0.2) is 10.9 Å². The minimum Gasteiger partial charge on any atom is -0.310 e. The lowest BCUT2D eigenvalue weighted by Crippen LogP contribution is -2.23. The van der Waals surface area contributed by atoms with Gasteiger partial charge in [0.25, 0.3) is 0 Å². The van der Waals surface area contributed by atoms with Gasteiger partial charge in [-0.2, -0.15) is 0 Å². The van der Waals surface area contributed by atoms with Crippen LogP contribution in [0.3, 0.4) is 0 Å². The smallest absolute Gasteiger partial charge is 0.228 e. The summed E-state index contributed by atoms with van der Waals surface area (Å²) in [6.45, 7) is 0. The largest absolute Gasteiger partial charge is 0.310 e. The number of carbonyl (C=O) groups excluding carboxylic acids is 1. The first kappa shape index (κ1) is 9.90. The zero-order valence-electron chi connectivity index (χ0n) is 8.52. The SMILES string of the molecule is O=C(Nc1ccccn1)C1CC=CCC1. The average molecular weight is 202 g/mol. The number of pyridine rings is 1. The standard InChI is InChI=1S/C12H14N2O/c15-12(10-6-2-1-3-7-10)14-11-8-4-5-9-13-11/h1-2,4-5,8-10H,3,6-7H2,(H,13,14,15). The predicted molar refractivity (Wildman–Crippen MR) is 59.3 cm³/mol. The Hall–Kier alpha value is -1.64. The van der Waals surface area contributed by atoms with E-state index >= 15 is 0 Å². The number of aromatic nitrogens is 1. The zero-order valence-corrected chi connectivity index (χ0v) is 8.52. The molecule has 1 atom stereocenters. The van der Waals surface area contributed by atoms with E-state index in [0.717, 1.165) is 19.3 Å². The lowest BCUT2D eigenvalue weighted by Gasteiger charge is -2.16. The van der Waals surface area contributed by atoms with E-state index in [1.165, 1.54) is 0 Å². The second-order valence-corrected chi connectivity index (χ2v) is 3.69. The highest BCUT2D eigenvalue weighted by Crippen LogP contribution is 2.19. The van der Waals surface area contributed by atoms with Crippen molar-refractivity contribution in [1.82, 2.24) is 4.98 Å². The molecular weight excluding hydrogens is 188 g/mol. The second-order valence-electron chi connectivity index (χ2n) is 3.69. The van der Waals surface area contributed by atoms with E-state index in [0.29, 0.717) is 5.82 Å². The number of rotatable bonds is 2. The molecule has 1 aromatic heterocycles. The third-order valence-electron chi connectivity index (χ3n) is 2.56. The van der Waals surface area contributed by atoms with Gasteiger partial charge in [-0.1, -0.05) is 18.2 Å². The van der Waals surface area contributed by atoms with Crippen LogP contribution in [0.25, 0.3) is 0 Å². The van der Waals surface area contributed by atoms with Crippen LogP contribution in [0.1, 0.15) is 19.3 Å². The topological polar surface area (TPSA) is 42.0 Å². The Bertz CT molecular complexity index is 359. The highest BCUT2D eigenvalue weighted by atomic mass is 16.1. The van der Waals surface area contributed by atoms with Crippen molar-refractivity contribution < 1.29 is 4.79 Å². The molecule has 1 aliphatic rings. The van der Waals surface area contributed by atoms with Gasteiger partial charge in [-0.3, -0.25) is 4.79 Å². The molecule has 15 heavy (non-hydrogen) atoms. The van der Waals surface area contributed by atoms with Crippen LogP contribution in [0, 0.1) is 5.92 Å². The Kier molecular flexibility index (Phi) is 3.12. The maximum atomic E-state index is 11.8. The molecule has 78 valence electrons. The number of hydrogen-bond acceptors (Lipinski definition) is 2. The van der Waals surface area contributed by atoms with Crippen molar-refractivity contribution in [2.75, 3.05) is 5.32 Å². The summed E-state index contributed by atoms with van der Waals surface area (Å²) in [5, 5.41) is 2.83. The fourth-order valence-corrected chi connectivity index (χ4v) is 1.70. The zero-order chi connectivity index (χ0) is 10.5. The summed E-state index contributed by atoms with van der Waals surface area (Å²) in [6, 6.07) is 5.50. The number of nitrogens with one attached hydrogen (secondary N) is 1.